The molecule has 0 aromatic heterocycles. The van der Waals surface area contributed by atoms with Crippen LogP contribution in [0.3, 0.4) is 0 Å². The van der Waals surface area contributed by atoms with Crippen LogP contribution in [-0.2, 0) is 54.4 Å². The Labute approximate surface area is 438 Å². The number of likely N-dealkylation sites (tertiary alicyclic amines) is 1. The largest absolute Gasteiger partial charge is 0.370 e. The fourth-order valence-corrected chi connectivity index (χ4v) is 9.40. The Kier molecular flexibility index (Phi) is 25.3. The van der Waals surface area contributed by atoms with Gasteiger partial charge in [-0.15, -0.1) is 0 Å². The average Bonchev–Trinajstić information content (AvgIpc) is 3.84. The average molecular weight is 1060 g/mol. The fraction of sp³-hybridized carbons (Fsp3) is 0.646. The van der Waals surface area contributed by atoms with Crippen LogP contribution in [0.15, 0.2) is 35.3 Å². The first kappa shape index (κ1) is 61.2. The summed E-state index contributed by atoms with van der Waals surface area (Å²) in [6, 6.07) is -0.00485. The van der Waals surface area contributed by atoms with Crippen LogP contribution in [-0.4, -0.2) is 142 Å². The number of carbonyl (C=O) groups is 10. The van der Waals surface area contributed by atoms with Crippen molar-refractivity contribution >= 4 is 90.3 Å². The van der Waals surface area contributed by atoms with Crippen molar-refractivity contribution in [2.45, 2.75) is 158 Å². The number of carbonyl (C=O) groups excluding carboxylic acids is 10. The molecule has 406 valence electrons. The number of hydrogen-bond acceptors (Lipinski definition) is 13. The minimum atomic E-state index is -1.65. The van der Waals surface area contributed by atoms with E-state index < -0.39 is 119 Å². The zero-order valence-electron chi connectivity index (χ0n) is 42.3. The Hall–Kier alpha value is -6.11. The normalized spacial score (nSPS) is 18.0. The van der Waals surface area contributed by atoms with E-state index in [0.29, 0.717) is 18.4 Å². The molecular formula is C48H77N13O10S2. The first-order valence-corrected chi connectivity index (χ1v) is 26.0. The van der Waals surface area contributed by atoms with Crippen LogP contribution in [0.2, 0.25) is 0 Å². The minimum Gasteiger partial charge on any atom is -0.370 e. The van der Waals surface area contributed by atoms with E-state index in [4.69, 9.17) is 35.6 Å². The third-order valence-corrected chi connectivity index (χ3v) is 13.9. The van der Waals surface area contributed by atoms with Gasteiger partial charge in [0.25, 0.3) is 0 Å². The second kappa shape index (κ2) is 30.2. The summed E-state index contributed by atoms with van der Waals surface area (Å²) in [6.45, 7) is 6.70. The summed E-state index contributed by atoms with van der Waals surface area (Å²) in [4.78, 5) is 139. The first-order chi connectivity index (χ1) is 34.5. The van der Waals surface area contributed by atoms with Crippen molar-refractivity contribution in [3.05, 3.63) is 35.9 Å². The van der Waals surface area contributed by atoms with Gasteiger partial charge < -0.3 is 65.1 Å². The number of rotatable bonds is 29. The van der Waals surface area contributed by atoms with Crippen LogP contribution in [0.25, 0.3) is 0 Å². The summed E-state index contributed by atoms with van der Waals surface area (Å²) in [6.07, 6.45) is 5.37. The van der Waals surface area contributed by atoms with Crippen LogP contribution in [0.4, 0.5) is 0 Å². The number of nitrogens with zero attached hydrogens (tertiary/aromatic N) is 2. The Morgan fingerprint density at radius 1 is 0.726 bits per heavy atom. The third kappa shape index (κ3) is 20.4. The van der Waals surface area contributed by atoms with Gasteiger partial charge in [0.15, 0.2) is 5.96 Å². The predicted octanol–water partition coefficient (Wildman–Crippen LogP) is -1.69. The molecule has 1 aromatic carbocycles. The molecule has 1 saturated carbocycles. The van der Waals surface area contributed by atoms with Crippen LogP contribution in [0, 0.1) is 11.8 Å². The molecule has 0 bridgehead atoms. The highest BCUT2D eigenvalue weighted by Crippen LogP contribution is 2.36. The van der Waals surface area contributed by atoms with Crippen molar-refractivity contribution in [2.75, 3.05) is 25.4 Å². The Bertz CT molecular complexity index is 2120. The summed E-state index contributed by atoms with van der Waals surface area (Å²) >= 11 is 9.11. The molecule has 0 unspecified atom stereocenters. The lowest BCUT2D eigenvalue weighted by Gasteiger charge is -2.33. The van der Waals surface area contributed by atoms with Crippen LogP contribution in [0.5, 0.6) is 0 Å². The van der Waals surface area contributed by atoms with Crippen molar-refractivity contribution in [2.24, 2.45) is 39.8 Å². The molecule has 73 heavy (non-hydrogen) atoms. The molecular weight excluding hydrogens is 983 g/mol. The van der Waals surface area contributed by atoms with E-state index >= 15 is 0 Å². The lowest BCUT2D eigenvalue weighted by Crippen LogP contribution is -2.61. The molecule has 2 fully saturated rings. The fourth-order valence-electron chi connectivity index (χ4n) is 8.69. The highest BCUT2D eigenvalue weighted by atomic mass is 32.1. The van der Waals surface area contributed by atoms with Gasteiger partial charge in [-0.1, -0.05) is 83.7 Å². The second-order valence-corrected chi connectivity index (χ2v) is 20.5. The highest BCUT2D eigenvalue weighted by Gasteiger charge is 2.41. The molecule has 15 N–H and O–H groups in total. The maximum absolute atomic E-state index is 14.3. The number of aliphatic imine (C=N–C) groups is 1. The number of primary amides is 2. The molecule has 1 saturated heterocycles. The Balaban J connectivity index is 1.79. The quantitative estimate of drug-likeness (QED) is 0.0185. The number of amides is 10. The van der Waals surface area contributed by atoms with Gasteiger partial charge in [-0.25, -0.2) is 0 Å². The van der Waals surface area contributed by atoms with E-state index in [-0.39, 0.29) is 68.7 Å². The molecule has 3 rings (SSSR count). The van der Waals surface area contributed by atoms with Crippen molar-refractivity contribution in [3.63, 3.8) is 0 Å². The molecule has 2 aliphatic rings. The van der Waals surface area contributed by atoms with E-state index in [1.165, 1.54) is 4.90 Å². The maximum Gasteiger partial charge on any atom is 0.246 e. The van der Waals surface area contributed by atoms with Gasteiger partial charge in [0.2, 0.25) is 59.1 Å². The lowest BCUT2D eigenvalue weighted by molar-refractivity contribution is -0.142. The van der Waals surface area contributed by atoms with Crippen molar-refractivity contribution in [1.82, 2.24) is 42.1 Å². The van der Waals surface area contributed by atoms with Gasteiger partial charge in [0.1, 0.15) is 42.3 Å². The monoisotopic (exact) mass is 1060 g/mol. The summed E-state index contributed by atoms with van der Waals surface area (Å²) in [5, 5.41) is 18.4. The number of thiol groups is 2. The summed E-state index contributed by atoms with van der Waals surface area (Å²) < 4.78 is -0.483. The third-order valence-electron chi connectivity index (χ3n) is 12.9. The van der Waals surface area contributed by atoms with Crippen LogP contribution in [0.1, 0.15) is 110 Å². The van der Waals surface area contributed by atoms with Gasteiger partial charge in [-0.2, -0.15) is 25.3 Å². The van der Waals surface area contributed by atoms with E-state index in [0.717, 1.165) is 32.1 Å². The molecule has 8 atom stereocenters. The number of guanidine groups is 1. The Morgan fingerprint density at radius 2 is 1.34 bits per heavy atom. The molecule has 0 radical (unpaired) electrons. The topological polar surface area (TPSA) is 375 Å². The van der Waals surface area contributed by atoms with Crippen LogP contribution >= 0.6 is 25.3 Å². The summed E-state index contributed by atoms with van der Waals surface area (Å²) in [5.74, 6) is -8.89. The molecule has 1 aromatic rings. The molecule has 1 aliphatic carbocycles. The molecule has 1 aliphatic heterocycles. The second-order valence-electron chi connectivity index (χ2n) is 19.2. The van der Waals surface area contributed by atoms with Gasteiger partial charge in [0, 0.05) is 36.4 Å². The maximum atomic E-state index is 14.3. The van der Waals surface area contributed by atoms with Gasteiger partial charge in [-0.05, 0) is 55.9 Å². The highest BCUT2D eigenvalue weighted by molar-refractivity contribution is 7.81. The molecule has 23 nitrogen and oxygen atoms in total. The van der Waals surface area contributed by atoms with Crippen LogP contribution < -0.4 is 60.2 Å². The van der Waals surface area contributed by atoms with E-state index in [1.807, 2.05) is 13.8 Å². The minimum absolute atomic E-state index is 0.00469. The van der Waals surface area contributed by atoms with Gasteiger partial charge >= 0.3 is 0 Å². The first-order valence-electron chi connectivity index (χ1n) is 24.9. The number of hydrogen-bond donors (Lipinski definition) is 13. The van der Waals surface area contributed by atoms with Crippen molar-refractivity contribution in [3.8, 4) is 0 Å². The van der Waals surface area contributed by atoms with E-state index in [9.17, 15) is 47.9 Å². The molecule has 10 amide bonds. The van der Waals surface area contributed by atoms with E-state index in [1.54, 1.807) is 44.2 Å². The van der Waals surface area contributed by atoms with Crippen molar-refractivity contribution in [1.29, 1.82) is 0 Å². The molecule has 25 heteroatoms. The molecule has 0 spiro atoms. The van der Waals surface area contributed by atoms with Crippen molar-refractivity contribution < 1.29 is 47.9 Å². The SMILES string of the molecule is CC[C@@H](C)[C@@H](NC(=O)CC1(S)CCCCC1)C(=O)N[C@@H](Cc1ccccc1)C(=O)N[C@H](C(=O)N[C@@H](CC(N)=O)C(=O)N[C@@H](CS)C(=O)N1CCC[C@H]1C(=O)N[C@@H](CCCN=C(N)N)C(=O)NCC(N)=O)C(C)C. The Morgan fingerprint density at radius 3 is 1.93 bits per heavy atom. The standard InChI is InChI=1S/C48H77N13O10S2/c1-5-28(4)39(59-37(64)24-48(73)18-10-7-11-19-48)45(70)56-31(22-29-14-8-6-9-15-29)42(67)60-38(27(2)3)44(69)57-32(23-35(49)62)41(66)58-33(26-72)46(71)61-21-13-17-34(61)43(68)55-30(16-12-20-53-47(51)52)40(65)54-25-36(50)63/h6,8-9,14-15,27-28,30-34,38-39,72-73H,5,7,10-13,16-26H2,1-4H3,(H2,49,62)(H2,50,63)(H,54,65)(H,55,68)(H,56,70)(H,57,69)(H,58,66)(H,59,64)(H,60,67)(H4,51,52,53)/t28-,30+,31+,32+,33+,34+,38+,39-/m1/s1. The summed E-state index contributed by atoms with van der Waals surface area (Å²) in [5.41, 5.74) is 22.2. The van der Waals surface area contributed by atoms with Gasteiger partial charge in [0.05, 0.1) is 13.0 Å². The summed E-state index contributed by atoms with van der Waals surface area (Å²) in [7, 11) is 0. The zero-order valence-corrected chi connectivity index (χ0v) is 44.1. The zero-order chi connectivity index (χ0) is 54.4. The molecule has 1 heterocycles. The van der Waals surface area contributed by atoms with Gasteiger partial charge in [-0.3, -0.25) is 52.9 Å². The number of benzene rings is 1. The van der Waals surface area contributed by atoms with E-state index in [2.05, 4.69) is 54.8 Å². The number of nitrogens with two attached hydrogens (primary N) is 4. The number of nitrogens with one attached hydrogen (secondary N) is 7. The smallest absolute Gasteiger partial charge is 0.246 e. The predicted molar refractivity (Wildman–Crippen MR) is 280 cm³/mol. The lowest BCUT2D eigenvalue weighted by atomic mass is 9.85.